The van der Waals surface area contributed by atoms with Crippen LogP contribution in [-0.2, 0) is 17.9 Å². The summed E-state index contributed by atoms with van der Waals surface area (Å²) in [4.78, 5) is 38.6. The zero-order valence-corrected chi connectivity index (χ0v) is 16.3. The topological polar surface area (TPSA) is 84.5 Å². The Bertz CT molecular complexity index is 1090. The summed E-state index contributed by atoms with van der Waals surface area (Å²) >= 11 is 0. The van der Waals surface area contributed by atoms with Crippen LogP contribution in [0.1, 0.15) is 35.2 Å². The number of amides is 2. The van der Waals surface area contributed by atoms with E-state index in [-0.39, 0.29) is 30.8 Å². The van der Waals surface area contributed by atoms with E-state index in [1.54, 1.807) is 25.2 Å². The van der Waals surface area contributed by atoms with E-state index in [0.717, 1.165) is 18.4 Å². The smallest absolute Gasteiger partial charge is 0.408 e. The van der Waals surface area contributed by atoms with Crippen LogP contribution in [0.3, 0.4) is 0 Å². The Morgan fingerprint density at radius 2 is 1.86 bits per heavy atom. The molecule has 150 valence electrons. The second kappa shape index (κ2) is 7.95. The van der Waals surface area contributed by atoms with Crippen LogP contribution >= 0.6 is 0 Å². The number of para-hydroxylation sites is 2. The van der Waals surface area contributed by atoms with Crippen LogP contribution in [0, 0.1) is 0 Å². The second-order valence-electron chi connectivity index (χ2n) is 7.27. The number of benzene rings is 2. The van der Waals surface area contributed by atoms with Crippen molar-refractivity contribution < 1.29 is 14.0 Å². The number of aryl methyl sites for hydroxylation is 1. The maximum Gasteiger partial charge on any atom is 0.419 e. The number of nitrogens with zero attached hydrogens (tertiary/aromatic N) is 2. The van der Waals surface area contributed by atoms with Crippen LogP contribution in [0.4, 0.5) is 0 Å². The first-order chi connectivity index (χ1) is 14.1. The minimum atomic E-state index is -0.443. The second-order valence-corrected chi connectivity index (χ2v) is 7.27. The lowest BCUT2D eigenvalue weighted by Gasteiger charge is -2.23. The predicted octanol–water partition coefficient (Wildman–Crippen LogP) is 2.54. The zero-order chi connectivity index (χ0) is 20.4. The van der Waals surface area contributed by atoms with Gasteiger partial charge >= 0.3 is 5.76 Å². The molecule has 0 spiro atoms. The lowest BCUT2D eigenvalue weighted by atomic mass is 10.1. The summed E-state index contributed by atoms with van der Waals surface area (Å²) in [5, 5.41) is 2.60. The van der Waals surface area contributed by atoms with Gasteiger partial charge in [-0.2, -0.15) is 0 Å². The normalized spacial score (nSPS) is 13.4. The molecule has 1 aliphatic carbocycles. The van der Waals surface area contributed by atoms with Gasteiger partial charge in [-0.3, -0.25) is 14.2 Å². The standard InChI is InChI=1S/C22H23N3O4/c1-23-21(27)16-8-6-15(7-9-16)14-25(17-10-11-17)20(26)12-13-24-18-4-2-3-5-19(18)29-22(24)28/h2-9,17H,10-14H2,1H3,(H,23,27). The van der Waals surface area contributed by atoms with Crippen molar-refractivity contribution in [2.24, 2.45) is 0 Å². The Hall–Kier alpha value is -3.35. The first kappa shape index (κ1) is 19.0. The highest BCUT2D eigenvalue weighted by Crippen LogP contribution is 2.29. The van der Waals surface area contributed by atoms with Gasteiger partial charge in [-0.25, -0.2) is 4.79 Å². The third kappa shape index (κ3) is 4.08. The van der Waals surface area contributed by atoms with Crippen molar-refractivity contribution in [1.29, 1.82) is 0 Å². The highest BCUT2D eigenvalue weighted by Gasteiger charge is 2.32. The Morgan fingerprint density at radius 3 is 2.55 bits per heavy atom. The summed E-state index contributed by atoms with van der Waals surface area (Å²) in [5.74, 6) is -0.564. The molecule has 1 aliphatic rings. The molecule has 7 heteroatoms. The van der Waals surface area contributed by atoms with Crippen molar-refractivity contribution in [3.8, 4) is 0 Å². The summed E-state index contributed by atoms with van der Waals surface area (Å²) < 4.78 is 6.75. The van der Waals surface area contributed by atoms with Crippen molar-refractivity contribution in [3.63, 3.8) is 0 Å². The molecule has 0 atom stereocenters. The Kier molecular flexibility index (Phi) is 5.20. The van der Waals surface area contributed by atoms with E-state index in [2.05, 4.69) is 5.32 Å². The summed E-state index contributed by atoms with van der Waals surface area (Å²) in [6, 6.07) is 14.7. The molecule has 1 heterocycles. The van der Waals surface area contributed by atoms with Crippen molar-refractivity contribution in [2.45, 2.75) is 38.4 Å². The zero-order valence-electron chi connectivity index (χ0n) is 16.3. The quantitative estimate of drug-likeness (QED) is 0.669. The van der Waals surface area contributed by atoms with Gasteiger partial charge in [0, 0.05) is 38.2 Å². The largest absolute Gasteiger partial charge is 0.419 e. The Morgan fingerprint density at radius 1 is 1.14 bits per heavy atom. The third-order valence-corrected chi connectivity index (χ3v) is 5.23. The van der Waals surface area contributed by atoms with Crippen molar-refractivity contribution >= 4 is 22.9 Å². The molecule has 3 aromatic rings. The molecule has 0 saturated heterocycles. The summed E-state index contributed by atoms with van der Waals surface area (Å²) in [6.07, 6.45) is 2.23. The van der Waals surface area contributed by atoms with E-state index >= 15 is 0 Å². The van der Waals surface area contributed by atoms with E-state index in [1.807, 2.05) is 35.2 Å². The van der Waals surface area contributed by atoms with E-state index < -0.39 is 5.76 Å². The first-order valence-electron chi connectivity index (χ1n) is 9.75. The fraction of sp³-hybridized carbons (Fsp3) is 0.318. The SMILES string of the molecule is CNC(=O)c1ccc(CN(C(=O)CCn2c(=O)oc3ccccc32)C2CC2)cc1. The lowest BCUT2D eigenvalue weighted by molar-refractivity contribution is -0.132. The van der Waals surface area contributed by atoms with Gasteiger partial charge in [0.05, 0.1) is 5.52 Å². The monoisotopic (exact) mass is 393 g/mol. The summed E-state index contributed by atoms with van der Waals surface area (Å²) in [7, 11) is 1.60. The van der Waals surface area contributed by atoms with Gasteiger partial charge in [-0.15, -0.1) is 0 Å². The Balaban J connectivity index is 1.45. The maximum absolute atomic E-state index is 12.9. The van der Waals surface area contributed by atoms with Crippen molar-refractivity contribution in [3.05, 3.63) is 70.2 Å². The van der Waals surface area contributed by atoms with E-state index in [1.165, 1.54) is 4.57 Å². The highest BCUT2D eigenvalue weighted by atomic mass is 16.4. The van der Waals surface area contributed by atoms with E-state index in [4.69, 9.17) is 4.42 Å². The Labute approximate surface area is 167 Å². The molecule has 1 N–H and O–H groups in total. The van der Waals surface area contributed by atoms with E-state index in [0.29, 0.717) is 23.2 Å². The fourth-order valence-corrected chi connectivity index (χ4v) is 3.49. The maximum atomic E-state index is 12.9. The molecule has 0 bridgehead atoms. The van der Waals surface area contributed by atoms with Crippen LogP contribution in [0.15, 0.2) is 57.7 Å². The molecule has 7 nitrogen and oxygen atoms in total. The minimum Gasteiger partial charge on any atom is -0.408 e. The number of hydrogen-bond donors (Lipinski definition) is 1. The van der Waals surface area contributed by atoms with Crippen LogP contribution in [-0.4, -0.2) is 34.4 Å². The van der Waals surface area contributed by atoms with Gasteiger partial charge in [0.1, 0.15) is 0 Å². The molecule has 1 saturated carbocycles. The van der Waals surface area contributed by atoms with Crippen LogP contribution in [0.2, 0.25) is 0 Å². The number of carbonyl (C=O) groups is 2. The molecule has 2 amide bonds. The molecule has 0 radical (unpaired) electrons. The summed E-state index contributed by atoms with van der Waals surface area (Å²) in [5.41, 5.74) is 2.80. The minimum absolute atomic E-state index is 0.0139. The van der Waals surface area contributed by atoms with Crippen LogP contribution < -0.4 is 11.1 Å². The molecule has 0 unspecified atom stereocenters. The number of aromatic nitrogens is 1. The number of fused-ring (bicyclic) bond motifs is 1. The number of hydrogen-bond acceptors (Lipinski definition) is 4. The van der Waals surface area contributed by atoms with Gasteiger partial charge in [0.2, 0.25) is 5.91 Å². The molecule has 29 heavy (non-hydrogen) atoms. The average molecular weight is 393 g/mol. The van der Waals surface area contributed by atoms with Crippen molar-refractivity contribution in [2.75, 3.05) is 7.05 Å². The molecular weight excluding hydrogens is 370 g/mol. The average Bonchev–Trinajstić information content (AvgIpc) is 3.53. The van der Waals surface area contributed by atoms with Gasteiger partial charge < -0.3 is 14.6 Å². The third-order valence-electron chi connectivity index (χ3n) is 5.23. The number of oxazole rings is 1. The molecular formula is C22H23N3O4. The van der Waals surface area contributed by atoms with Gasteiger partial charge in [0.25, 0.3) is 5.91 Å². The van der Waals surface area contributed by atoms with Gasteiger partial charge in [-0.05, 0) is 42.7 Å². The van der Waals surface area contributed by atoms with Crippen molar-refractivity contribution in [1.82, 2.24) is 14.8 Å². The van der Waals surface area contributed by atoms with Crippen LogP contribution in [0.25, 0.3) is 11.1 Å². The first-order valence-corrected chi connectivity index (χ1v) is 9.75. The number of nitrogens with one attached hydrogen (secondary N) is 1. The molecule has 1 aromatic heterocycles. The number of carbonyl (C=O) groups excluding carboxylic acids is 2. The lowest BCUT2D eigenvalue weighted by Crippen LogP contribution is -2.33. The number of rotatable bonds is 7. The van der Waals surface area contributed by atoms with Gasteiger partial charge in [0.15, 0.2) is 5.58 Å². The predicted molar refractivity (Wildman–Crippen MR) is 108 cm³/mol. The van der Waals surface area contributed by atoms with Gasteiger partial charge in [-0.1, -0.05) is 24.3 Å². The fourth-order valence-electron chi connectivity index (χ4n) is 3.49. The van der Waals surface area contributed by atoms with E-state index in [9.17, 15) is 14.4 Å². The molecule has 0 aliphatic heterocycles. The summed E-state index contributed by atoms with van der Waals surface area (Å²) in [6.45, 7) is 0.784. The highest BCUT2D eigenvalue weighted by molar-refractivity contribution is 5.93. The molecule has 1 fully saturated rings. The molecule has 4 rings (SSSR count). The molecule has 2 aromatic carbocycles. The van der Waals surface area contributed by atoms with Crippen LogP contribution in [0.5, 0.6) is 0 Å².